The van der Waals surface area contributed by atoms with E-state index in [0.29, 0.717) is 18.0 Å². The molecule has 4 nitrogen and oxygen atoms in total. The maximum Gasteiger partial charge on any atom is 0.191 e. The molecular weight excluding hydrogens is 260 g/mol. The average Bonchev–Trinajstić information content (AvgIpc) is 3.27. The van der Waals surface area contributed by atoms with Crippen LogP contribution in [0.4, 0.5) is 0 Å². The smallest absolute Gasteiger partial charge is 0.191 e. The molecule has 0 radical (unpaired) electrons. The molecule has 0 amide bonds. The molecule has 1 heterocycles. The fraction of sp³-hybridized carbons (Fsp3) is 0.588. The van der Waals surface area contributed by atoms with E-state index < -0.39 is 0 Å². The minimum Gasteiger partial charge on any atom is -0.370 e. The second-order valence-corrected chi connectivity index (χ2v) is 6.29. The second kappa shape index (κ2) is 6.48. The van der Waals surface area contributed by atoms with Gasteiger partial charge in [-0.05, 0) is 37.8 Å². The Morgan fingerprint density at radius 1 is 1.29 bits per heavy atom. The van der Waals surface area contributed by atoms with Gasteiger partial charge in [0.25, 0.3) is 0 Å². The lowest BCUT2D eigenvalue weighted by molar-refractivity contribution is 0.250. The topological polar surface area (TPSA) is 44.9 Å². The maximum absolute atomic E-state index is 6.09. The molecule has 1 aliphatic heterocycles. The summed E-state index contributed by atoms with van der Waals surface area (Å²) < 4.78 is 0. The molecule has 4 heteroatoms. The standard InChI is InChI=1S/C17H26N4/c1-20(15-9-10-15)17(18)19-12-16-8-5-11-21(16)13-14-6-3-2-4-7-14/h2-4,6-7,15-16H,5,8-13H2,1H3,(H2,18,19). The van der Waals surface area contributed by atoms with Crippen molar-refractivity contribution in [3.05, 3.63) is 35.9 Å². The third-order valence-corrected chi connectivity index (χ3v) is 4.65. The third kappa shape index (κ3) is 3.76. The van der Waals surface area contributed by atoms with Crippen molar-refractivity contribution in [1.82, 2.24) is 9.80 Å². The van der Waals surface area contributed by atoms with Crippen LogP contribution in [-0.2, 0) is 6.54 Å². The van der Waals surface area contributed by atoms with Gasteiger partial charge < -0.3 is 10.6 Å². The molecule has 1 aromatic rings. The summed E-state index contributed by atoms with van der Waals surface area (Å²) in [5.74, 6) is 0.712. The van der Waals surface area contributed by atoms with Crippen molar-refractivity contribution in [1.29, 1.82) is 0 Å². The summed E-state index contributed by atoms with van der Waals surface area (Å²) in [6.45, 7) is 3.03. The SMILES string of the molecule is CN(C(N)=NCC1CCCN1Cc1ccccc1)C1CC1. The average molecular weight is 286 g/mol. The minimum atomic E-state index is 0.538. The minimum absolute atomic E-state index is 0.538. The van der Waals surface area contributed by atoms with Crippen molar-refractivity contribution in [2.24, 2.45) is 10.7 Å². The molecule has 0 spiro atoms. The molecule has 1 aromatic carbocycles. The Bertz CT molecular complexity index is 481. The Hall–Kier alpha value is -1.55. The van der Waals surface area contributed by atoms with Crippen LogP contribution >= 0.6 is 0 Å². The molecule has 1 saturated heterocycles. The van der Waals surface area contributed by atoms with E-state index in [9.17, 15) is 0 Å². The lowest BCUT2D eigenvalue weighted by Gasteiger charge is -2.24. The number of benzene rings is 1. The van der Waals surface area contributed by atoms with Crippen LogP contribution in [-0.4, -0.2) is 48.0 Å². The van der Waals surface area contributed by atoms with Gasteiger partial charge in [0.05, 0.1) is 6.54 Å². The van der Waals surface area contributed by atoms with Crippen molar-refractivity contribution < 1.29 is 0 Å². The van der Waals surface area contributed by atoms with E-state index in [4.69, 9.17) is 5.73 Å². The Balaban J connectivity index is 1.55. The quantitative estimate of drug-likeness (QED) is 0.665. The van der Waals surface area contributed by atoms with Crippen LogP contribution in [0.25, 0.3) is 0 Å². The molecule has 114 valence electrons. The van der Waals surface area contributed by atoms with E-state index in [2.05, 4.69) is 52.2 Å². The van der Waals surface area contributed by atoms with Crippen LogP contribution in [0.2, 0.25) is 0 Å². The third-order valence-electron chi connectivity index (χ3n) is 4.65. The molecule has 0 aromatic heterocycles. The van der Waals surface area contributed by atoms with E-state index in [1.165, 1.54) is 37.8 Å². The number of nitrogens with two attached hydrogens (primary N) is 1. The molecule has 1 atom stereocenters. The predicted molar refractivity (Wildman–Crippen MR) is 87.1 cm³/mol. The van der Waals surface area contributed by atoms with Crippen LogP contribution in [0.1, 0.15) is 31.2 Å². The number of rotatable bonds is 5. The van der Waals surface area contributed by atoms with Gasteiger partial charge in [0.15, 0.2) is 5.96 Å². The number of likely N-dealkylation sites (tertiary alicyclic amines) is 1. The zero-order valence-electron chi connectivity index (χ0n) is 12.9. The highest BCUT2D eigenvalue weighted by Gasteiger charge is 2.28. The van der Waals surface area contributed by atoms with Gasteiger partial charge >= 0.3 is 0 Å². The summed E-state index contributed by atoms with van der Waals surface area (Å²) in [6, 6.07) is 11.9. The zero-order valence-corrected chi connectivity index (χ0v) is 12.9. The van der Waals surface area contributed by atoms with Crippen molar-refractivity contribution in [3.63, 3.8) is 0 Å². The first-order valence-corrected chi connectivity index (χ1v) is 8.05. The summed E-state index contributed by atoms with van der Waals surface area (Å²) >= 11 is 0. The Morgan fingerprint density at radius 2 is 2.05 bits per heavy atom. The number of hydrogen-bond acceptors (Lipinski definition) is 2. The molecule has 1 aliphatic carbocycles. The fourth-order valence-electron chi connectivity index (χ4n) is 3.09. The second-order valence-electron chi connectivity index (χ2n) is 6.29. The Morgan fingerprint density at radius 3 is 2.76 bits per heavy atom. The van der Waals surface area contributed by atoms with Crippen LogP contribution < -0.4 is 5.73 Å². The number of guanidine groups is 1. The van der Waals surface area contributed by atoms with Gasteiger partial charge in [0.1, 0.15) is 0 Å². The fourth-order valence-corrected chi connectivity index (χ4v) is 3.09. The van der Waals surface area contributed by atoms with Gasteiger partial charge in [-0.15, -0.1) is 0 Å². The Labute approximate surface area is 127 Å². The number of aliphatic imine (C=N–C) groups is 1. The van der Waals surface area contributed by atoms with E-state index >= 15 is 0 Å². The molecule has 2 fully saturated rings. The first-order valence-electron chi connectivity index (χ1n) is 8.05. The van der Waals surface area contributed by atoms with E-state index in [1.807, 2.05) is 0 Å². The molecule has 2 aliphatic rings. The normalized spacial score (nSPS) is 23.5. The molecular formula is C17H26N4. The number of nitrogens with zero attached hydrogens (tertiary/aromatic N) is 3. The lowest BCUT2D eigenvalue weighted by Crippen LogP contribution is -2.38. The molecule has 2 N–H and O–H groups in total. The lowest BCUT2D eigenvalue weighted by atomic mass is 10.2. The van der Waals surface area contributed by atoms with E-state index in [-0.39, 0.29) is 0 Å². The molecule has 1 saturated carbocycles. The molecule has 0 bridgehead atoms. The first-order chi connectivity index (χ1) is 10.2. The van der Waals surface area contributed by atoms with Gasteiger partial charge in [-0.1, -0.05) is 30.3 Å². The molecule has 21 heavy (non-hydrogen) atoms. The first kappa shape index (κ1) is 14.4. The van der Waals surface area contributed by atoms with Gasteiger partial charge in [-0.3, -0.25) is 9.89 Å². The summed E-state index contributed by atoms with van der Waals surface area (Å²) in [7, 11) is 2.06. The highest BCUT2D eigenvalue weighted by molar-refractivity contribution is 5.78. The molecule has 1 unspecified atom stereocenters. The van der Waals surface area contributed by atoms with Crippen molar-refractivity contribution in [3.8, 4) is 0 Å². The zero-order chi connectivity index (χ0) is 14.7. The van der Waals surface area contributed by atoms with E-state index in [1.54, 1.807) is 0 Å². The van der Waals surface area contributed by atoms with Gasteiger partial charge in [0, 0.05) is 25.7 Å². The van der Waals surface area contributed by atoms with E-state index in [0.717, 1.165) is 13.1 Å². The summed E-state index contributed by atoms with van der Waals surface area (Å²) in [5, 5.41) is 0. The summed E-state index contributed by atoms with van der Waals surface area (Å²) in [5.41, 5.74) is 7.48. The predicted octanol–water partition coefficient (Wildman–Crippen LogP) is 2.06. The largest absolute Gasteiger partial charge is 0.370 e. The maximum atomic E-state index is 6.09. The van der Waals surface area contributed by atoms with Crippen LogP contribution in [0.15, 0.2) is 35.3 Å². The monoisotopic (exact) mass is 286 g/mol. The van der Waals surface area contributed by atoms with Crippen molar-refractivity contribution in [2.75, 3.05) is 20.1 Å². The summed E-state index contributed by atoms with van der Waals surface area (Å²) in [6.07, 6.45) is 5.02. The molecule has 3 rings (SSSR count). The van der Waals surface area contributed by atoms with Crippen LogP contribution in [0, 0.1) is 0 Å². The van der Waals surface area contributed by atoms with Crippen molar-refractivity contribution in [2.45, 2.75) is 44.3 Å². The number of hydrogen-bond donors (Lipinski definition) is 1. The Kier molecular flexibility index (Phi) is 4.44. The highest BCUT2D eigenvalue weighted by Crippen LogP contribution is 2.25. The van der Waals surface area contributed by atoms with Crippen molar-refractivity contribution >= 4 is 5.96 Å². The van der Waals surface area contributed by atoms with Crippen LogP contribution in [0.5, 0.6) is 0 Å². The van der Waals surface area contributed by atoms with Gasteiger partial charge in [-0.25, -0.2) is 0 Å². The summed E-state index contributed by atoms with van der Waals surface area (Å²) in [4.78, 5) is 9.32. The highest BCUT2D eigenvalue weighted by atomic mass is 15.3. The van der Waals surface area contributed by atoms with Gasteiger partial charge in [-0.2, -0.15) is 0 Å². The van der Waals surface area contributed by atoms with Crippen LogP contribution in [0.3, 0.4) is 0 Å². The van der Waals surface area contributed by atoms with Gasteiger partial charge in [0.2, 0.25) is 0 Å².